The highest BCUT2D eigenvalue weighted by Crippen LogP contribution is 2.18. The molecule has 0 saturated heterocycles. The van der Waals surface area contributed by atoms with E-state index in [4.69, 9.17) is 0 Å². The Morgan fingerprint density at radius 2 is 0.556 bits per heavy atom. The van der Waals surface area contributed by atoms with E-state index in [1.54, 1.807) is 6.08 Å². The molecule has 3 N–H and O–H groups in total. The zero-order valence-electron chi connectivity index (χ0n) is 54.0. The van der Waals surface area contributed by atoms with E-state index in [-0.39, 0.29) is 12.5 Å². The number of carbonyl (C=O) groups is 1. The van der Waals surface area contributed by atoms with Crippen LogP contribution in [0.5, 0.6) is 0 Å². The first-order valence-electron chi connectivity index (χ1n) is 35.6. The van der Waals surface area contributed by atoms with Crippen molar-refractivity contribution in [1.82, 2.24) is 5.32 Å². The van der Waals surface area contributed by atoms with Gasteiger partial charge < -0.3 is 15.5 Å². The summed E-state index contributed by atoms with van der Waals surface area (Å²) in [5.41, 5.74) is 0. The number of rotatable bonds is 65. The van der Waals surface area contributed by atoms with Gasteiger partial charge in [-0.25, -0.2) is 0 Å². The summed E-state index contributed by atoms with van der Waals surface area (Å²) >= 11 is 0. The maximum absolute atomic E-state index is 12.5. The zero-order chi connectivity index (χ0) is 58.4. The molecule has 81 heavy (non-hydrogen) atoms. The quantitative estimate of drug-likeness (QED) is 0.0420. The summed E-state index contributed by atoms with van der Waals surface area (Å²) in [6, 6.07) is -0.652. The Morgan fingerprint density at radius 1 is 0.309 bits per heavy atom. The van der Waals surface area contributed by atoms with E-state index in [1.807, 2.05) is 6.08 Å². The first-order valence-corrected chi connectivity index (χ1v) is 35.6. The number of unbranched alkanes of at least 4 members (excludes halogenated alkanes) is 42. The lowest BCUT2D eigenvalue weighted by Crippen LogP contribution is -2.45. The van der Waals surface area contributed by atoms with Crippen LogP contribution in [0, 0.1) is 0 Å². The number of aliphatic hydroxyl groups excluding tert-OH is 2. The van der Waals surface area contributed by atoms with E-state index in [9.17, 15) is 15.0 Å². The van der Waals surface area contributed by atoms with Gasteiger partial charge >= 0.3 is 0 Å². The smallest absolute Gasteiger partial charge is 0.220 e. The SMILES string of the molecule is CC/C=C\C/C=C\C/C=C\C/C=C\C/C=C\C/C=C\CCCCCCCCCCCCCCCCCCCCC(=O)NC(CO)C(O)/C=C/CC/C=C/CC/C=C/CCCCCCCCCCCCCCCCCCCCCCCC. The lowest BCUT2D eigenvalue weighted by molar-refractivity contribution is -0.123. The summed E-state index contributed by atoms with van der Waals surface area (Å²) in [5, 5.41) is 23.3. The van der Waals surface area contributed by atoms with E-state index in [0.29, 0.717) is 6.42 Å². The van der Waals surface area contributed by atoms with Crippen molar-refractivity contribution in [2.24, 2.45) is 0 Å². The van der Waals surface area contributed by atoms with Crippen molar-refractivity contribution in [3.05, 3.63) is 109 Å². The normalized spacial score (nSPS) is 13.4. The Labute approximate surface area is 506 Å². The minimum Gasteiger partial charge on any atom is -0.394 e. The third kappa shape index (κ3) is 67.7. The molecule has 0 radical (unpaired) electrons. The molecule has 0 heterocycles. The molecule has 1 amide bonds. The highest BCUT2D eigenvalue weighted by atomic mass is 16.3. The predicted octanol–water partition coefficient (Wildman–Crippen LogP) is 24.5. The standard InChI is InChI=1S/C77H137NO3/c1-3-5-7-9-11-13-15-17-19-21-23-25-27-29-31-33-35-37-38-39-40-41-43-45-47-49-51-53-55-57-59-61-63-65-67-69-71-73-77(81)78-75(74-79)76(80)72-70-68-66-64-62-60-58-56-54-52-50-48-46-44-42-36-34-32-30-28-26-24-22-20-18-16-14-12-10-8-6-4-2/h5,7,11,13,17,19,23,25,29,31,35,37,54,56,62,64,70,72,75-76,79-80H,3-4,6,8-10,12,14-16,18,20-22,24,26-28,30,32-34,36,38-53,55,57-61,63,65-69,71,73-74H2,1-2H3,(H,78,81)/b7-5-,13-11-,19-17-,25-23-,31-29-,37-35-,56-54+,64-62+,72-70+. The Balaban J connectivity index is 3.51. The molecule has 0 bridgehead atoms. The van der Waals surface area contributed by atoms with Gasteiger partial charge in [0.1, 0.15) is 0 Å². The molecule has 0 spiro atoms. The van der Waals surface area contributed by atoms with Crippen molar-refractivity contribution < 1.29 is 15.0 Å². The molecular weight excluding hydrogens is 987 g/mol. The number of hydrogen-bond acceptors (Lipinski definition) is 3. The molecule has 0 aliphatic rings. The first-order chi connectivity index (χ1) is 40.2. The van der Waals surface area contributed by atoms with Gasteiger partial charge in [0.15, 0.2) is 0 Å². The Morgan fingerprint density at radius 3 is 0.864 bits per heavy atom. The average molecular weight is 1120 g/mol. The predicted molar refractivity (Wildman–Crippen MR) is 363 cm³/mol. The molecule has 2 atom stereocenters. The lowest BCUT2D eigenvalue weighted by atomic mass is 10.0. The van der Waals surface area contributed by atoms with E-state index in [2.05, 4.69) is 116 Å². The van der Waals surface area contributed by atoms with Crippen LogP contribution in [-0.4, -0.2) is 34.9 Å². The molecule has 0 aliphatic heterocycles. The molecule has 0 aromatic rings. The Bertz CT molecular complexity index is 1510. The number of hydrogen-bond donors (Lipinski definition) is 3. The van der Waals surface area contributed by atoms with Gasteiger partial charge in [-0.15, -0.1) is 0 Å². The summed E-state index contributed by atoms with van der Waals surface area (Å²) in [7, 11) is 0. The maximum atomic E-state index is 12.5. The summed E-state index contributed by atoms with van der Waals surface area (Å²) in [5.74, 6) is -0.0760. The van der Waals surface area contributed by atoms with Crippen LogP contribution >= 0.6 is 0 Å². The first kappa shape index (κ1) is 78.0. The van der Waals surface area contributed by atoms with Crippen LogP contribution in [0.25, 0.3) is 0 Å². The fourth-order valence-corrected chi connectivity index (χ4v) is 10.6. The van der Waals surface area contributed by atoms with Crippen molar-refractivity contribution in [2.45, 2.75) is 366 Å². The fraction of sp³-hybridized carbons (Fsp3) is 0.753. The Hall–Kier alpha value is -2.95. The third-order valence-electron chi connectivity index (χ3n) is 16.0. The molecule has 0 aromatic carbocycles. The number of aliphatic hydroxyl groups is 2. The molecule has 0 rings (SSSR count). The third-order valence-corrected chi connectivity index (χ3v) is 16.0. The molecule has 4 nitrogen and oxygen atoms in total. The van der Waals surface area contributed by atoms with Crippen LogP contribution in [-0.2, 0) is 4.79 Å². The summed E-state index contributed by atoms with van der Waals surface area (Å²) in [6.07, 6.45) is 108. The second-order valence-corrected chi connectivity index (χ2v) is 23.9. The van der Waals surface area contributed by atoms with Crippen LogP contribution in [0.15, 0.2) is 109 Å². The van der Waals surface area contributed by atoms with Gasteiger partial charge in [-0.2, -0.15) is 0 Å². The van der Waals surface area contributed by atoms with Gasteiger partial charge in [-0.1, -0.05) is 361 Å². The molecule has 0 aliphatic carbocycles. The number of nitrogens with one attached hydrogen (secondary N) is 1. The van der Waals surface area contributed by atoms with Gasteiger partial charge in [0.05, 0.1) is 18.8 Å². The van der Waals surface area contributed by atoms with Crippen LogP contribution in [0.1, 0.15) is 354 Å². The number of allylic oxidation sites excluding steroid dienone is 17. The summed E-state index contributed by atoms with van der Waals surface area (Å²) < 4.78 is 0. The maximum Gasteiger partial charge on any atom is 0.220 e. The minimum atomic E-state index is -0.877. The van der Waals surface area contributed by atoms with Gasteiger partial charge in [0.25, 0.3) is 0 Å². The van der Waals surface area contributed by atoms with Crippen molar-refractivity contribution in [3.63, 3.8) is 0 Å². The zero-order valence-corrected chi connectivity index (χ0v) is 54.0. The van der Waals surface area contributed by atoms with Crippen LogP contribution in [0.4, 0.5) is 0 Å². The monoisotopic (exact) mass is 1120 g/mol. The molecular formula is C77H137NO3. The van der Waals surface area contributed by atoms with Crippen LogP contribution in [0.2, 0.25) is 0 Å². The highest BCUT2D eigenvalue weighted by molar-refractivity contribution is 5.76. The van der Waals surface area contributed by atoms with Gasteiger partial charge in [-0.3, -0.25) is 4.79 Å². The van der Waals surface area contributed by atoms with Gasteiger partial charge in [0.2, 0.25) is 5.91 Å². The van der Waals surface area contributed by atoms with Crippen molar-refractivity contribution in [1.29, 1.82) is 0 Å². The van der Waals surface area contributed by atoms with E-state index >= 15 is 0 Å². The largest absolute Gasteiger partial charge is 0.394 e. The fourth-order valence-electron chi connectivity index (χ4n) is 10.6. The van der Waals surface area contributed by atoms with Crippen molar-refractivity contribution in [3.8, 4) is 0 Å². The van der Waals surface area contributed by atoms with E-state index in [0.717, 1.165) is 77.0 Å². The summed E-state index contributed by atoms with van der Waals surface area (Å²) in [6.45, 7) is 4.21. The molecule has 0 aromatic heterocycles. The molecule has 0 saturated carbocycles. The van der Waals surface area contributed by atoms with Gasteiger partial charge in [0, 0.05) is 6.42 Å². The van der Waals surface area contributed by atoms with E-state index < -0.39 is 12.1 Å². The van der Waals surface area contributed by atoms with Crippen LogP contribution in [0.3, 0.4) is 0 Å². The highest BCUT2D eigenvalue weighted by Gasteiger charge is 2.18. The Kier molecular flexibility index (Phi) is 68.7. The topological polar surface area (TPSA) is 69.6 Å². The second kappa shape index (κ2) is 71.3. The molecule has 2 unspecified atom stereocenters. The summed E-state index contributed by atoms with van der Waals surface area (Å²) in [4.78, 5) is 12.5. The molecule has 0 fully saturated rings. The number of carbonyl (C=O) groups excluding carboxylic acids is 1. The van der Waals surface area contributed by atoms with Crippen LogP contribution < -0.4 is 5.32 Å². The van der Waals surface area contributed by atoms with E-state index in [1.165, 1.54) is 257 Å². The number of amides is 1. The van der Waals surface area contributed by atoms with Gasteiger partial charge in [-0.05, 0) is 96.3 Å². The molecule has 468 valence electrons. The average Bonchev–Trinajstić information content (AvgIpc) is 3.47. The lowest BCUT2D eigenvalue weighted by Gasteiger charge is -2.19. The molecule has 4 heteroatoms. The minimum absolute atomic E-state index is 0.0760. The van der Waals surface area contributed by atoms with Crippen molar-refractivity contribution >= 4 is 5.91 Å². The second-order valence-electron chi connectivity index (χ2n) is 23.9. The van der Waals surface area contributed by atoms with Crippen molar-refractivity contribution in [2.75, 3.05) is 6.61 Å².